The zero-order valence-corrected chi connectivity index (χ0v) is 25.3. The van der Waals surface area contributed by atoms with E-state index in [4.69, 9.17) is 21.7 Å². The standard InChI is InChI=1S/C31H35ClN8OS/c1-19(41)36-31-37-25-8-7-23-28(26-17-34-14-15-35-26)38-40(29(23)30(25)42-31)27-9-6-20(16-24(27)32)18-39(21-4-2-3-5-21)22-10-12-33-13-11-22/h6,9,14-17,21-22,33H,2-5,7-8,10-13,18H2,1H3,(H,36,37,41). The van der Waals surface area contributed by atoms with Gasteiger partial charge in [0.05, 0.1) is 33.2 Å². The summed E-state index contributed by atoms with van der Waals surface area (Å²) in [5.41, 5.74) is 6.60. The van der Waals surface area contributed by atoms with Gasteiger partial charge in [0, 0.05) is 43.5 Å². The molecule has 0 spiro atoms. The highest BCUT2D eigenvalue weighted by molar-refractivity contribution is 7.19. The van der Waals surface area contributed by atoms with Crippen LogP contribution in [0.15, 0.2) is 36.8 Å². The Bertz CT molecular complexity index is 1590. The van der Waals surface area contributed by atoms with Crippen LogP contribution in [0.3, 0.4) is 0 Å². The van der Waals surface area contributed by atoms with Crippen LogP contribution in [-0.2, 0) is 24.2 Å². The number of benzene rings is 1. The highest BCUT2D eigenvalue weighted by Gasteiger charge is 2.32. The Labute approximate surface area is 254 Å². The van der Waals surface area contributed by atoms with Crippen LogP contribution in [0, 0.1) is 0 Å². The summed E-state index contributed by atoms with van der Waals surface area (Å²) in [5.74, 6) is -0.134. The Hall–Kier alpha value is -3.18. The zero-order valence-electron chi connectivity index (χ0n) is 23.8. The van der Waals surface area contributed by atoms with Crippen molar-refractivity contribution in [2.24, 2.45) is 0 Å². The molecule has 11 heteroatoms. The summed E-state index contributed by atoms with van der Waals surface area (Å²) in [6, 6.07) is 7.70. The molecule has 218 valence electrons. The first-order valence-corrected chi connectivity index (χ1v) is 16.2. The molecule has 2 fully saturated rings. The van der Waals surface area contributed by atoms with Crippen molar-refractivity contribution < 1.29 is 4.79 Å². The molecular weight excluding hydrogens is 568 g/mol. The summed E-state index contributed by atoms with van der Waals surface area (Å²) < 4.78 is 1.95. The fourth-order valence-corrected chi connectivity index (χ4v) is 8.24. The van der Waals surface area contributed by atoms with Gasteiger partial charge in [0.25, 0.3) is 0 Å². The molecule has 42 heavy (non-hydrogen) atoms. The SMILES string of the molecule is CC(=O)Nc1nc2c(s1)-c1c(c(-c3cnccn3)nn1-c1ccc(CN(C3CCCC3)C3CCNCC3)cc1Cl)CC2. The fourth-order valence-electron chi connectivity index (χ4n) is 6.84. The molecule has 0 unspecified atom stereocenters. The van der Waals surface area contributed by atoms with E-state index in [-0.39, 0.29) is 5.91 Å². The van der Waals surface area contributed by atoms with E-state index < -0.39 is 0 Å². The number of fused-ring (bicyclic) bond motifs is 3. The second-order valence-corrected chi connectivity index (χ2v) is 12.9. The Morgan fingerprint density at radius 2 is 1.95 bits per heavy atom. The topological polar surface area (TPSA) is 101 Å². The second kappa shape index (κ2) is 11.8. The molecule has 1 aromatic carbocycles. The molecule has 1 amide bonds. The quantitative estimate of drug-likeness (QED) is 0.281. The predicted octanol–water partition coefficient (Wildman–Crippen LogP) is 5.66. The van der Waals surface area contributed by atoms with Gasteiger partial charge in [-0.05, 0) is 69.3 Å². The molecule has 1 saturated carbocycles. The Morgan fingerprint density at radius 3 is 2.69 bits per heavy atom. The Balaban J connectivity index is 1.27. The van der Waals surface area contributed by atoms with Crippen LogP contribution in [0.5, 0.6) is 0 Å². The van der Waals surface area contributed by atoms with Crippen molar-refractivity contribution in [3.63, 3.8) is 0 Å². The Morgan fingerprint density at radius 1 is 1.14 bits per heavy atom. The van der Waals surface area contributed by atoms with E-state index in [1.54, 1.807) is 18.6 Å². The highest BCUT2D eigenvalue weighted by atomic mass is 35.5. The lowest BCUT2D eigenvalue weighted by molar-refractivity contribution is -0.114. The number of piperidine rings is 1. The third-order valence-electron chi connectivity index (χ3n) is 8.77. The number of amides is 1. The van der Waals surface area contributed by atoms with Crippen LogP contribution in [-0.4, -0.2) is 60.7 Å². The number of rotatable bonds is 7. The van der Waals surface area contributed by atoms with Crippen molar-refractivity contribution in [3.05, 3.63) is 58.6 Å². The fraction of sp³-hybridized carbons (Fsp3) is 0.452. The van der Waals surface area contributed by atoms with Gasteiger partial charge in [-0.1, -0.05) is 41.8 Å². The summed E-state index contributed by atoms with van der Waals surface area (Å²) in [4.78, 5) is 29.1. The molecule has 3 aliphatic rings. The van der Waals surface area contributed by atoms with Crippen LogP contribution in [0.1, 0.15) is 62.3 Å². The van der Waals surface area contributed by atoms with Gasteiger partial charge in [0.15, 0.2) is 5.13 Å². The molecule has 9 nitrogen and oxygen atoms in total. The van der Waals surface area contributed by atoms with Crippen LogP contribution in [0.2, 0.25) is 5.02 Å². The number of halogens is 1. The minimum Gasteiger partial charge on any atom is -0.317 e. The molecule has 0 radical (unpaired) electrons. The number of nitrogens with one attached hydrogen (secondary N) is 2. The summed E-state index contributed by atoms with van der Waals surface area (Å²) in [6.07, 6.45) is 14.3. The number of aromatic nitrogens is 5. The number of hydrogen-bond donors (Lipinski definition) is 2. The number of anilines is 1. The maximum Gasteiger partial charge on any atom is 0.223 e. The number of thiazole rings is 1. The first-order valence-electron chi connectivity index (χ1n) is 15.0. The lowest BCUT2D eigenvalue weighted by atomic mass is 9.96. The third-order valence-corrected chi connectivity index (χ3v) is 10.1. The van der Waals surface area contributed by atoms with Gasteiger partial charge in [-0.15, -0.1) is 0 Å². The monoisotopic (exact) mass is 602 g/mol. The van der Waals surface area contributed by atoms with E-state index >= 15 is 0 Å². The summed E-state index contributed by atoms with van der Waals surface area (Å²) in [5, 5.41) is 12.7. The highest BCUT2D eigenvalue weighted by Crippen LogP contribution is 2.44. The summed E-state index contributed by atoms with van der Waals surface area (Å²) >= 11 is 8.58. The number of carbonyl (C=O) groups is 1. The normalized spacial score (nSPS) is 17.4. The molecular formula is C31H35ClN8OS. The minimum atomic E-state index is -0.134. The predicted molar refractivity (Wildman–Crippen MR) is 166 cm³/mol. The smallest absolute Gasteiger partial charge is 0.223 e. The average molecular weight is 603 g/mol. The number of hydrogen-bond acceptors (Lipinski definition) is 8. The largest absolute Gasteiger partial charge is 0.317 e. The molecule has 1 saturated heterocycles. The molecule has 4 aromatic rings. The number of carbonyl (C=O) groups excluding carboxylic acids is 1. The van der Waals surface area contributed by atoms with Gasteiger partial charge in [-0.25, -0.2) is 9.67 Å². The molecule has 4 heterocycles. The van der Waals surface area contributed by atoms with Crippen molar-refractivity contribution in [1.82, 2.24) is 34.9 Å². The first-order chi connectivity index (χ1) is 20.5. The lowest BCUT2D eigenvalue weighted by Gasteiger charge is -2.39. The van der Waals surface area contributed by atoms with Gasteiger partial charge in [-0.2, -0.15) is 5.10 Å². The molecule has 0 bridgehead atoms. The Kier molecular flexibility index (Phi) is 7.79. The van der Waals surface area contributed by atoms with E-state index in [2.05, 4.69) is 43.7 Å². The zero-order chi connectivity index (χ0) is 28.6. The second-order valence-electron chi connectivity index (χ2n) is 11.5. The van der Waals surface area contributed by atoms with E-state index in [0.717, 1.165) is 71.4 Å². The van der Waals surface area contributed by atoms with E-state index in [1.165, 1.54) is 62.3 Å². The maximum absolute atomic E-state index is 11.8. The van der Waals surface area contributed by atoms with Gasteiger partial charge in [0.2, 0.25) is 5.91 Å². The molecule has 2 aliphatic carbocycles. The number of aryl methyl sites for hydroxylation is 1. The van der Waals surface area contributed by atoms with Crippen molar-refractivity contribution in [2.75, 3.05) is 18.4 Å². The average Bonchev–Trinajstić information content (AvgIpc) is 3.75. The number of nitrogens with zero attached hydrogens (tertiary/aromatic N) is 6. The van der Waals surface area contributed by atoms with Crippen LogP contribution >= 0.6 is 22.9 Å². The van der Waals surface area contributed by atoms with Crippen LogP contribution < -0.4 is 10.6 Å². The maximum atomic E-state index is 11.8. The van der Waals surface area contributed by atoms with E-state index in [0.29, 0.717) is 22.2 Å². The van der Waals surface area contributed by atoms with Crippen LogP contribution in [0.4, 0.5) is 5.13 Å². The third kappa shape index (κ3) is 5.37. The first kappa shape index (κ1) is 27.6. The summed E-state index contributed by atoms with van der Waals surface area (Å²) in [6.45, 7) is 4.60. The van der Waals surface area contributed by atoms with Gasteiger partial charge in [-0.3, -0.25) is 19.7 Å². The summed E-state index contributed by atoms with van der Waals surface area (Å²) in [7, 11) is 0. The van der Waals surface area contributed by atoms with Gasteiger partial charge < -0.3 is 10.6 Å². The molecule has 1 aliphatic heterocycles. The van der Waals surface area contributed by atoms with Gasteiger partial charge >= 0.3 is 0 Å². The van der Waals surface area contributed by atoms with Crippen molar-refractivity contribution in [1.29, 1.82) is 0 Å². The molecule has 0 atom stereocenters. The molecule has 2 N–H and O–H groups in total. The lowest BCUT2D eigenvalue weighted by Crippen LogP contribution is -2.46. The van der Waals surface area contributed by atoms with Crippen molar-refractivity contribution >= 4 is 34.0 Å². The van der Waals surface area contributed by atoms with Crippen LogP contribution in [0.25, 0.3) is 27.6 Å². The van der Waals surface area contributed by atoms with Gasteiger partial charge in [0.1, 0.15) is 11.4 Å². The van der Waals surface area contributed by atoms with Crippen molar-refractivity contribution in [2.45, 2.75) is 76.9 Å². The molecule has 7 rings (SSSR count). The van der Waals surface area contributed by atoms with Crippen molar-refractivity contribution in [3.8, 4) is 27.6 Å². The van der Waals surface area contributed by atoms with E-state index in [1.807, 2.05) is 4.68 Å². The molecule has 3 aromatic heterocycles. The van der Waals surface area contributed by atoms with E-state index in [9.17, 15) is 4.79 Å². The minimum absolute atomic E-state index is 0.134.